The van der Waals surface area contributed by atoms with Crippen LogP contribution in [0.5, 0.6) is 11.5 Å². The molecule has 5 aromatic rings. The first kappa shape index (κ1) is 23.1. The second-order valence-electron chi connectivity index (χ2n) is 7.31. The van der Waals surface area contributed by atoms with Gasteiger partial charge in [-0.05, 0) is 48.0 Å². The smallest absolute Gasteiger partial charge is 0.321 e. The summed E-state index contributed by atoms with van der Waals surface area (Å²) < 4.78 is 6.49. The molecule has 2 heterocycles. The van der Waals surface area contributed by atoms with Gasteiger partial charge in [-0.3, -0.25) is 10.3 Å². The molecule has 174 valence electrons. The molecule has 0 atom stereocenters. The first-order valence-corrected chi connectivity index (χ1v) is 12.6. The lowest BCUT2D eigenvalue weighted by atomic mass is 10.2. The number of hydrogen-bond acceptors (Lipinski definition) is 7. The van der Waals surface area contributed by atoms with Crippen molar-refractivity contribution in [2.75, 3.05) is 5.32 Å². The van der Waals surface area contributed by atoms with Crippen molar-refractivity contribution in [1.82, 2.24) is 20.5 Å². The van der Waals surface area contributed by atoms with Crippen LogP contribution >= 0.6 is 34.7 Å². The van der Waals surface area contributed by atoms with Gasteiger partial charge in [0.1, 0.15) is 11.5 Å². The van der Waals surface area contributed by atoms with Crippen LogP contribution in [0.1, 0.15) is 5.56 Å². The highest BCUT2D eigenvalue weighted by Gasteiger charge is 2.11. The van der Waals surface area contributed by atoms with Crippen LogP contribution < -0.4 is 15.4 Å². The number of rotatable bonds is 7. The average Bonchev–Trinajstić information content (AvgIpc) is 3.31. The molecule has 0 unspecified atom stereocenters. The minimum absolute atomic E-state index is 0.355. The van der Waals surface area contributed by atoms with Gasteiger partial charge in [-0.25, -0.2) is 4.79 Å². The van der Waals surface area contributed by atoms with Crippen molar-refractivity contribution in [1.29, 1.82) is 0 Å². The van der Waals surface area contributed by atoms with Gasteiger partial charge in [0.15, 0.2) is 4.34 Å². The van der Waals surface area contributed by atoms with E-state index in [1.807, 2.05) is 78.9 Å². The molecule has 2 amide bonds. The summed E-state index contributed by atoms with van der Waals surface area (Å²) in [5.41, 5.74) is 1.75. The van der Waals surface area contributed by atoms with Gasteiger partial charge in [0.2, 0.25) is 5.13 Å². The van der Waals surface area contributed by atoms with E-state index >= 15 is 0 Å². The van der Waals surface area contributed by atoms with E-state index < -0.39 is 0 Å². The second-order valence-corrected chi connectivity index (χ2v) is 10.0. The summed E-state index contributed by atoms with van der Waals surface area (Å²) in [5, 5.41) is 15.8. The number of aromatic nitrogens is 3. The Kier molecular flexibility index (Phi) is 7.08. The summed E-state index contributed by atoms with van der Waals surface area (Å²) in [4.78, 5) is 17.7. The van der Waals surface area contributed by atoms with Crippen molar-refractivity contribution in [3.05, 3.63) is 95.6 Å². The van der Waals surface area contributed by atoms with Gasteiger partial charge in [0.25, 0.3) is 0 Å². The highest BCUT2D eigenvalue weighted by molar-refractivity contribution is 8.01. The van der Waals surface area contributed by atoms with Gasteiger partial charge in [0, 0.05) is 28.0 Å². The Morgan fingerprint density at radius 1 is 0.971 bits per heavy atom. The zero-order chi connectivity index (χ0) is 24.0. The number of ether oxygens (including phenoxy) is 1. The molecule has 0 spiro atoms. The van der Waals surface area contributed by atoms with E-state index in [2.05, 4.69) is 25.8 Å². The van der Waals surface area contributed by atoms with Crippen LogP contribution in [0.15, 0.2) is 94.3 Å². The maximum Gasteiger partial charge on any atom is 0.321 e. The SMILES string of the molecule is O=C(NCc1ccc(Oc2ccccc2)cc1)Nc1nnc(Sc2ccnc3cc(Cl)ccc23)s1. The predicted molar refractivity (Wildman–Crippen MR) is 140 cm³/mol. The zero-order valence-corrected chi connectivity index (χ0v) is 20.5. The third kappa shape index (κ3) is 6.07. The van der Waals surface area contributed by atoms with Gasteiger partial charge in [0.05, 0.1) is 5.52 Å². The highest BCUT2D eigenvalue weighted by Crippen LogP contribution is 2.36. The lowest BCUT2D eigenvalue weighted by Gasteiger charge is -2.08. The summed E-state index contributed by atoms with van der Waals surface area (Å²) in [6.07, 6.45) is 1.73. The normalized spacial score (nSPS) is 10.8. The van der Waals surface area contributed by atoms with Gasteiger partial charge >= 0.3 is 6.03 Å². The molecule has 2 aromatic heterocycles. The van der Waals surface area contributed by atoms with Crippen LogP contribution in [-0.4, -0.2) is 21.2 Å². The molecule has 10 heteroatoms. The van der Waals surface area contributed by atoms with E-state index in [0.29, 0.717) is 21.0 Å². The topological polar surface area (TPSA) is 89.0 Å². The number of fused-ring (bicyclic) bond motifs is 1. The number of pyridine rings is 1. The van der Waals surface area contributed by atoms with Crippen LogP contribution in [0.2, 0.25) is 5.02 Å². The van der Waals surface area contributed by atoms with Gasteiger partial charge in [-0.15, -0.1) is 10.2 Å². The number of para-hydroxylation sites is 1. The summed E-state index contributed by atoms with van der Waals surface area (Å²) in [5.74, 6) is 1.50. The van der Waals surface area contributed by atoms with E-state index in [4.69, 9.17) is 16.3 Å². The number of nitrogens with one attached hydrogen (secondary N) is 2. The number of amides is 2. The van der Waals surface area contributed by atoms with E-state index in [1.54, 1.807) is 6.20 Å². The van der Waals surface area contributed by atoms with Crippen LogP contribution in [0.3, 0.4) is 0 Å². The molecule has 0 aliphatic heterocycles. The monoisotopic (exact) mass is 519 g/mol. The Hall–Kier alpha value is -3.66. The molecule has 0 saturated carbocycles. The van der Waals surface area contributed by atoms with E-state index in [1.165, 1.54) is 23.1 Å². The van der Waals surface area contributed by atoms with Crippen molar-refractivity contribution >= 4 is 56.8 Å². The number of urea groups is 1. The third-order valence-electron chi connectivity index (χ3n) is 4.84. The first-order chi connectivity index (χ1) is 17.1. The number of halogens is 1. The third-order valence-corrected chi connectivity index (χ3v) is 7.04. The maximum absolute atomic E-state index is 12.3. The van der Waals surface area contributed by atoms with Crippen LogP contribution in [0.4, 0.5) is 9.93 Å². The lowest BCUT2D eigenvalue weighted by Crippen LogP contribution is -2.28. The van der Waals surface area contributed by atoms with Crippen molar-refractivity contribution < 1.29 is 9.53 Å². The molecule has 0 bridgehead atoms. The molecule has 5 rings (SSSR count). The summed E-state index contributed by atoms with van der Waals surface area (Å²) >= 11 is 8.82. The second kappa shape index (κ2) is 10.7. The Morgan fingerprint density at radius 2 is 1.77 bits per heavy atom. The summed E-state index contributed by atoms with van der Waals surface area (Å²) in [7, 11) is 0. The molecule has 35 heavy (non-hydrogen) atoms. The number of nitrogens with zero attached hydrogens (tertiary/aromatic N) is 3. The van der Waals surface area contributed by atoms with E-state index in [-0.39, 0.29) is 6.03 Å². The number of hydrogen-bond donors (Lipinski definition) is 2. The van der Waals surface area contributed by atoms with Crippen molar-refractivity contribution in [2.24, 2.45) is 0 Å². The molecule has 0 saturated heterocycles. The lowest BCUT2D eigenvalue weighted by molar-refractivity contribution is 0.251. The predicted octanol–water partition coefficient (Wildman–Crippen LogP) is 7.00. The molecule has 0 aliphatic rings. The largest absolute Gasteiger partial charge is 0.457 e. The van der Waals surface area contributed by atoms with Gasteiger partial charge in [-0.1, -0.05) is 71.1 Å². The first-order valence-electron chi connectivity index (χ1n) is 10.5. The molecular weight excluding hydrogens is 502 g/mol. The Bertz CT molecular complexity index is 1460. The quantitative estimate of drug-likeness (QED) is 0.225. The van der Waals surface area contributed by atoms with Gasteiger partial charge in [-0.2, -0.15) is 0 Å². The average molecular weight is 520 g/mol. The van der Waals surface area contributed by atoms with E-state index in [0.717, 1.165) is 32.9 Å². The fourth-order valence-corrected chi connectivity index (χ4v) is 5.20. The molecule has 0 aliphatic carbocycles. The maximum atomic E-state index is 12.3. The number of carbonyl (C=O) groups is 1. The van der Waals surface area contributed by atoms with Crippen molar-refractivity contribution in [3.8, 4) is 11.5 Å². The standard InChI is InChI=1S/C25H18ClN5O2S2/c26-17-8-11-20-21(14-17)27-13-12-22(20)34-25-31-30-24(35-25)29-23(32)28-15-16-6-9-19(10-7-16)33-18-4-2-1-3-5-18/h1-14H,15H2,(H2,28,29,30,32). The highest BCUT2D eigenvalue weighted by atomic mass is 35.5. The Balaban J connectivity index is 1.14. The number of benzene rings is 3. The minimum atomic E-state index is -0.355. The number of carbonyl (C=O) groups excluding carboxylic acids is 1. The molecule has 2 N–H and O–H groups in total. The van der Waals surface area contributed by atoms with Crippen LogP contribution in [-0.2, 0) is 6.54 Å². The van der Waals surface area contributed by atoms with E-state index in [9.17, 15) is 4.79 Å². The number of anilines is 1. The molecule has 7 nitrogen and oxygen atoms in total. The summed E-state index contributed by atoms with van der Waals surface area (Å²) in [6, 6.07) is 24.3. The Morgan fingerprint density at radius 3 is 2.60 bits per heavy atom. The molecule has 3 aromatic carbocycles. The molecule has 0 radical (unpaired) electrons. The van der Waals surface area contributed by atoms with Crippen LogP contribution in [0, 0.1) is 0 Å². The van der Waals surface area contributed by atoms with Gasteiger partial charge < -0.3 is 10.1 Å². The fraction of sp³-hybridized carbons (Fsp3) is 0.0400. The van der Waals surface area contributed by atoms with Crippen molar-refractivity contribution in [3.63, 3.8) is 0 Å². The minimum Gasteiger partial charge on any atom is -0.457 e. The summed E-state index contributed by atoms with van der Waals surface area (Å²) in [6.45, 7) is 0.365. The molecular formula is C25H18ClN5O2S2. The fourth-order valence-electron chi connectivity index (χ4n) is 3.20. The van der Waals surface area contributed by atoms with Crippen molar-refractivity contribution in [2.45, 2.75) is 15.8 Å². The molecule has 0 fully saturated rings. The zero-order valence-electron chi connectivity index (χ0n) is 18.1. The van der Waals surface area contributed by atoms with Crippen LogP contribution in [0.25, 0.3) is 10.9 Å². The Labute approximate surface area is 214 Å².